The molecule has 0 spiro atoms. The number of nitrogens with zero attached hydrogens (tertiary/aromatic N) is 4. The van der Waals surface area contributed by atoms with Crippen molar-refractivity contribution in [2.45, 2.75) is 0 Å². The fourth-order valence-electron chi connectivity index (χ4n) is 6.27. The highest BCUT2D eigenvalue weighted by molar-refractivity contribution is 7.26. The van der Waals surface area contributed by atoms with Gasteiger partial charge in [0.25, 0.3) is 0 Å². The van der Waals surface area contributed by atoms with Gasteiger partial charge < -0.3 is 4.57 Å². The van der Waals surface area contributed by atoms with E-state index in [1.54, 1.807) is 0 Å². The molecule has 0 saturated carbocycles. The molecule has 4 nitrogen and oxygen atoms in total. The van der Waals surface area contributed by atoms with Gasteiger partial charge in [-0.1, -0.05) is 121 Å². The minimum absolute atomic E-state index is 0.651. The molecular weight excluding hydrogens is 581 g/mol. The van der Waals surface area contributed by atoms with Crippen molar-refractivity contribution < 1.29 is 0 Å². The van der Waals surface area contributed by atoms with Crippen molar-refractivity contribution >= 4 is 42.5 Å². The molecule has 3 aromatic heterocycles. The van der Waals surface area contributed by atoms with Crippen LogP contribution >= 0.6 is 11.3 Å². The summed E-state index contributed by atoms with van der Waals surface area (Å²) in [5.74, 6) is 1.97. The van der Waals surface area contributed by atoms with Crippen LogP contribution in [-0.2, 0) is 0 Å². The molecular formula is C41H26N4S. The molecule has 0 atom stereocenters. The average Bonchev–Trinajstić information content (AvgIpc) is 3.67. The van der Waals surface area contributed by atoms with E-state index in [2.05, 4.69) is 102 Å². The highest BCUT2D eigenvalue weighted by atomic mass is 32.1. The minimum Gasteiger partial charge on any atom is -0.308 e. The van der Waals surface area contributed by atoms with E-state index in [0.717, 1.165) is 27.8 Å². The van der Waals surface area contributed by atoms with Crippen LogP contribution in [0, 0.1) is 0 Å². The molecule has 0 aliphatic carbocycles. The predicted molar refractivity (Wildman–Crippen MR) is 191 cm³/mol. The third kappa shape index (κ3) is 4.48. The molecule has 0 unspecified atom stereocenters. The SMILES string of the molecule is c1ccc(-c2nc(-c3ccccc3)nc(-c3cccc(-c4ccc5sc6c7ccccc7n(-c7ccccc7)c6c5c4)c3)n2)cc1. The van der Waals surface area contributed by atoms with Crippen molar-refractivity contribution in [2.24, 2.45) is 0 Å². The lowest BCUT2D eigenvalue weighted by Gasteiger charge is -2.10. The van der Waals surface area contributed by atoms with Gasteiger partial charge in [-0.25, -0.2) is 15.0 Å². The van der Waals surface area contributed by atoms with Gasteiger partial charge in [0.05, 0.1) is 15.7 Å². The molecule has 0 N–H and O–H groups in total. The van der Waals surface area contributed by atoms with Crippen molar-refractivity contribution in [1.29, 1.82) is 0 Å². The second-order valence-corrected chi connectivity index (χ2v) is 12.4. The number of hydrogen-bond donors (Lipinski definition) is 0. The molecule has 5 heteroatoms. The van der Waals surface area contributed by atoms with Gasteiger partial charge in [0.1, 0.15) is 0 Å². The molecule has 9 rings (SSSR count). The number of rotatable bonds is 5. The lowest BCUT2D eigenvalue weighted by atomic mass is 10.0. The van der Waals surface area contributed by atoms with E-state index in [0.29, 0.717) is 17.5 Å². The number of aromatic nitrogens is 4. The van der Waals surface area contributed by atoms with Gasteiger partial charge in [-0.15, -0.1) is 11.3 Å². The quantitative estimate of drug-likeness (QED) is 0.196. The Bertz CT molecular complexity index is 2460. The maximum absolute atomic E-state index is 4.96. The molecule has 46 heavy (non-hydrogen) atoms. The standard InChI is InChI=1S/C41H26N4S/c1-4-13-27(14-5-1)39-42-40(28-15-6-2-7-16-28)44-41(43-39)31-18-12-17-29(25-31)30-23-24-36-34(26-30)37-38(46-36)33-21-10-11-22-35(33)45(37)32-19-8-3-9-20-32/h1-26H. The molecule has 9 aromatic rings. The molecule has 3 heterocycles. The molecule has 0 aliphatic heterocycles. The van der Waals surface area contributed by atoms with Gasteiger partial charge in [0.15, 0.2) is 17.5 Å². The fraction of sp³-hybridized carbons (Fsp3) is 0. The number of fused-ring (bicyclic) bond motifs is 5. The molecule has 0 amide bonds. The Morgan fingerprint density at radius 3 is 1.65 bits per heavy atom. The van der Waals surface area contributed by atoms with E-state index < -0.39 is 0 Å². The summed E-state index contributed by atoms with van der Waals surface area (Å²) in [4.78, 5) is 14.8. The molecule has 0 bridgehead atoms. The lowest BCUT2D eigenvalue weighted by Crippen LogP contribution is -2.00. The van der Waals surface area contributed by atoms with E-state index in [9.17, 15) is 0 Å². The Balaban J connectivity index is 1.21. The second-order valence-electron chi connectivity index (χ2n) is 11.3. The summed E-state index contributed by atoms with van der Waals surface area (Å²) < 4.78 is 5.00. The summed E-state index contributed by atoms with van der Waals surface area (Å²) in [5.41, 5.74) is 8.77. The highest BCUT2D eigenvalue weighted by Crippen LogP contribution is 2.43. The Labute approximate surface area is 269 Å². The summed E-state index contributed by atoms with van der Waals surface area (Å²) in [5, 5.41) is 2.53. The van der Waals surface area contributed by atoms with Crippen LogP contribution in [0.4, 0.5) is 0 Å². The zero-order chi connectivity index (χ0) is 30.5. The fourth-order valence-corrected chi connectivity index (χ4v) is 7.47. The van der Waals surface area contributed by atoms with E-state index in [4.69, 9.17) is 15.0 Å². The first-order valence-corrected chi connectivity index (χ1v) is 16.1. The largest absolute Gasteiger partial charge is 0.308 e. The van der Waals surface area contributed by atoms with Crippen molar-refractivity contribution in [2.75, 3.05) is 0 Å². The molecule has 0 radical (unpaired) electrons. The third-order valence-electron chi connectivity index (χ3n) is 8.44. The molecule has 0 aliphatic rings. The van der Waals surface area contributed by atoms with Crippen LogP contribution in [0.25, 0.3) is 82.2 Å². The number of thiophene rings is 1. The minimum atomic E-state index is 0.651. The van der Waals surface area contributed by atoms with Crippen LogP contribution < -0.4 is 0 Å². The van der Waals surface area contributed by atoms with Gasteiger partial charge in [-0.3, -0.25) is 0 Å². The van der Waals surface area contributed by atoms with Gasteiger partial charge in [-0.2, -0.15) is 0 Å². The predicted octanol–water partition coefficient (Wildman–Crippen LogP) is 10.9. The summed E-state index contributed by atoms with van der Waals surface area (Å²) in [6, 6.07) is 54.9. The van der Waals surface area contributed by atoms with E-state index >= 15 is 0 Å². The van der Waals surface area contributed by atoms with Crippen molar-refractivity contribution in [3.8, 4) is 51.0 Å². The van der Waals surface area contributed by atoms with E-state index in [-0.39, 0.29) is 0 Å². The van der Waals surface area contributed by atoms with Crippen LogP contribution in [0.3, 0.4) is 0 Å². The van der Waals surface area contributed by atoms with E-state index in [1.807, 2.05) is 72.0 Å². The zero-order valence-electron chi connectivity index (χ0n) is 24.7. The third-order valence-corrected chi connectivity index (χ3v) is 9.64. The summed E-state index contributed by atoms with van der Waals surface area (Å²) >= 11 is 1.86. The molecule has 0 fully saturated rings. The smallest absolute Gasteiger partial charge is 0.164 e. The molecule has 216 valence electrons. The summed E-state index contributed by atoms with van der Waals surface area (Å²) in [7, 11) is 0. The maximum Gasteiger partial charge on any atom is 0.164 e. The Morgan fingerprint density at radius 2 is 0.957 bits per heavy atom. The zero-order valence-corrected chi connectivity index (χ0v) is 25.5. The lowest BCUT2D eigenvalue weighted by molar-refractivity contribution is 1.07. The number of hydrogen-bond acceptors (Lipinski definition) is 4. The van der Waals surface area contributed by atoms with Crippen LogP contribution in [0.2, 0.25) is 0 Å². The van der Waals surface area contributed by atoms with Crippen molar-refractivity contribution in [1.82, 2.24) is 19.5 Å². The first kappa shape index (κ1) is 26.5. The monoisotopic (exact) mass is 606 g/mol. The van der Waals surface area contributed by atoms with Gasteiger partial charge in [0.2, 0.25) is 0 Å². The van der Waals surface area contributed by atoms with Crippen molar-refractivity contribution in [3.63, 3.8) is 0 Å². The van der Waals surface area contributed by atoms with E-state index in [1.165, 1.54) is 36.9 Å². The first-order chi connectivity index (χ1) is 22.8. The van der Waals surface area contributed by atoms with Crippen LogP contribution in [0.15, 0.2) is 158 Å². The Hall–Kier alpha value is -5.91. The molecule has 0 saturated heterocycles. The van der Waals surface area contributed by atoms with Crippen molar-refractivity contribution in [3.05, 3.63) is 158 Å². The van der Waals surface area contributed by atoms with Crippen LogP contribution in [0.5, 0.6) is 0 Å². The number of para-hydroxylation sites is 2. The number of benzene rings is 6. The van der Waals surface area contributed by atoms with Crippen LogP contribution in [0.1, 0.15) is 0 Å². The molecule has 6 aromatic carbocycles. The Morgan fingerprint density at radius 1 is 0.413 bits per heavy atom. The van der Waals surface area contributed by atoms with Gasteiger partial charge in [-0.05, 0) is 47.5 Å². The maximum atomic E-state index is 4.96. The van der Waals surface area contributed by atoms with Crippen LogP contribution in [-0.4, -0.2) is 19.5 Å². The van der Waals surface area contributed by atoms with Gasteiger partial charge in [0, 0.05) is 37.9 Å². The second kappa shape index (κ2) is 10.9. The summed E-state index contributed by atoms with van der Waals surface area (Å²) in [6.45, 7) is 0. The summed E-state index contributed by atoms with van der Waals surface area (Å²) in [6.07, 6.45) is 0. The first-order valence-electron chi connectivity index (χ1n) is 15.3. The normalized spacial score (nSPS) is 11.5. The highest BCUT2D eigenvalue weighted by Gasteiger charge is 2.18. The topological polar surface area (TPSA) is 43.6 Å². The average molecular weight is 607 g/mol. The Kier molecular flexibility index (Phi) is 6.28. The van der Waals surface area contributed by atoms with Gasteiger partial charge >= 0.3 is 0 Å².